The van der Waals surface area contributed by atoms with Gasteiger partial charge in [-0.1, -0.05) is 6.92 Å². The number of anilines is 2. The Morgan fingerprint density at radius 1 is 1.19 bits per heavy atom. The number of rotatable bonds is 7. The smallest absolute Gasteiger partial charge is 0.222 e. The molecule has 21 heavy (non-hydrogen) atoms. The SMILES string of the molecule is CCCNc1ncnc(NCCC(=O)NC(C)(C)C)c1Br. The van der Waals surface area contributed by atoms with Crippen molar-refractivity contribution in [2.75, 3.05) is 23.7 Å². The van der Waals surface area contributed by atoms with Gasteiger partial charge in [0.05, 0.1) is 0 Å². The maximum Gasteiger partial charge on any atom is 0.222 e. The van der Waals surface area contributed by atoms with E-state index in [1.807, 2.05) is 20.8 Å². The second kappa shape index (κ2) is 8.17. The summed E-state index contributed by atoms with van der Waals surface area (Å²) < 4.78 is 0.787. The molecule has 0 radical (unpaired) electrons. The topological polar surface area (TPSA) is 78.9 Å². The third-order valence-corrected chi connectivity index (χ3v) is 3.24. The fourth-order valence-corrected chi connectivity index (χ4v) is 2.12. The van der Waals surface area contributed by atoms with Crippen molar-refractivity contribution in [1.29, 1.82) is 0 Å². The van der Waals surface area contributed by atoms with E-state index in [1.54, 1.807) is 0 Å². The van der Waals surface area contributed by atoms with Crippen molar-refractivity contribution in [2.24, 2.45) is 0 Å². The minimum atomic E-state index is -0.205. The number of aromatic nitrogens is 2. The summed E-state index contributed by atoms with van der Waals surface area (Å²) in [6.45, 7) is 9.35. The van der Waals surface area contributed by atoms with Crippen molar-refractivity contribution < 1.29 is 4.79 Å². The average Bonchev–Trinajstić information content (AvgIpc) is 2.37. The van der Waals surface area contributed by atoms with Crippen molar-refractivity contribution >= 4 is 33.5 Å². The van der Waals surface area contributed by atoms with Crippen LogP contribution in [0.15, 0.2) is 10.8 Å². The Kier molecular flexibility index (Phi) is 6.87. The Morgan fingerprint density at radius 3 is 2.29 bits per heavy atom. The van der Waals surface area contributed by atoms with E-state index in [2.05, 4.69) is 48.8 Å². The summed E-state index contributed by atoms with van der Waals surface area (Å²) in [6, 6.07) is 0. The lowest BCUT2D eigenvalue weighted by Crippen LogP contribution is -2.41. The zero-order valence-corrected chi connectivity index (χ0v) is 14.7. The predicted molar refractivity (Wildman–Crippen MR) is 89.5 cm³/mol. The van der Waals surface area contributed by atoms with Gasteiger partial charge in [0.1, 0.15) is 22.4 Å². The molecule has 0 unspecified atom stereocenters. The molecule has 0 aliphatic rings. The summed E-state index contributed by atoms with van der Waals surface area (Å²) in [5.41, 5.74) is -0.205. The summed E-state index contributed by atoms with van der Waals surface area (Å²) in [4.78, 5) is 20.1. The van der Waals surface area contributed by atoms with E-state index in [0.29, 0.717) is 18.8 Å². The van der Waals surface area contributed by atoms with Gasteiger partial charge < -0.3 is 16.0 Å². The van der Waals surface area contributed by atoms with Crippen LogP contribution in [0.4, 0.5) is 11.6 Å². The van der Waals surface area contributed by atoms with Crippen LogP contribution in [-0.2, 0) is 4.79 Å². The summed E-state index contributed by atoms with van der Waals surface area (Å²) in [5.74, 6) is 1.46. The van der Waals surface area contributed by atoms with Gasteiger partial charge in [-0.25, -0.2) is 9.97 Å². The van der Waals surface area contributed by atoms with Crippen LogP contribution in [0.3, 0.4) is 0 Å². The van der Waals surface area contributed by atoms with Crippen LogP contribution in [0.5, 0.6) is 0 Å². The molecule has 3 N–H and O–H groups in total. The lowest BCUT2D eigenvalue weighted by molar-refractivity contribution is -0.122. The van der Waals surface area contributed by atoms with Gasteiger partial charge in [0.2, 0.25) is 5.91 Å². The minimum Gasteiger partial charge on any atom is -0.369 e. The Hall–Kier alpha value is -1.37. The van der Waals surface area contributed by atoms with E-state index in [1.165, 1.54) is 6.33 Å². The molecule has 1 aromatic rings. The maximum absolute atomic E-state index is 11.7. The molecule has 1 heterocycles. The molecular formula is C14H24BrN5O. The highest BCUT2D eigenvalue weighted by Gasteiger charge is 2.13. The van der Waals surface area contributed by atoms with E-state index < -0.39 is 0 Å². The molecule has 6 nitrogen and oxygen atoms in total. The second-order valence-electron chi connectivity index (χ2n) is 5.79. The van der Waals surface area contributed by atoms with E-state index >= 15 is 0 Å². The van der Waals surface area contributed by atoms with Crippen molar-refractivity contribution in [3.8, 4) is 0 Å². The molecule has 118 valence electrons. The van der Waals surface area contributed by atoms with Gasteiger partial charge in [0.15, 0.2) is 0 Å². The molecule has 0 atom stereocenters. The highest BCUT2D eigenvalue weighted by atomic mass is 79.9. The number of amides is 1. The average molecular weight is 358 g/mol. The Balaban J connectivity index is 2.50. The van der Waals surface area contributed by atoms with Gasteiger partial charge in [-0.15, -0.1) is 0 Å². The maximum atomic E-state index is 11.7. The van der Waals surface area contributed by atoms with Crippen LogP contribution in [0, 0.1) is 0 Å². The third-order valence-electron chi connectivity index (χ3n) is 2.49. The molecule has 0 saturated heterocycles. The Morgan fingerprint density at radius 2 is 1.76 bits per heavy atom. The van der Waals surface area contributed by atoms with Crippen LogP contribution >= 0.6 is 15.9 Å². The lowest BCUT2D eigenvalue weighted by atomic mass is 10.1. The standard InChI is InChI=1S/C14H24BrN5O/c1-5-7-16-12-11(15)13(19-9-18-12)17-8-6-10(21)20-14(2,3)4/h9H,5-8H2,1-4H3,(H,20,21)(H2,16,17,18,19). The number of nitrogens with zero attached hydrogens (tertiary/aromatic N) is 2. The summed E-state index contributed by atoms with van der Waals surface area (Å²) >= 11 is 3.48. The molecule has 1 rings (SSSR count). The van der Waals surface area contributed by atoms with E-state index in [-0.39, 0.29) is 11.4 Å². The fraction of sp³-hybridized carbons (Fsp3) is 0.643. The molecule has 0 aromatic carbocycles. The number of nitrogens with one attached hydrogen (secondary N) is 3. The monoisotopic (exact) mass is 357 g/mol. The van der Waals surface area contributed by atoms with Crippen molar-refractivity contribution in [3.63, 3.8) is 0 Å². The summed E-state index contributed by atoms with van der Waals surface area (Å²) in [7, 11) is 0. The molecule has 0 saturated carbocycles. The van der Waals surface area contributed by atoms with Crippen LogP contribution in [-0.4, -0.2) is 34.5 Å². The first kappa shape index (κ1) is 17.7. The van der Waals surface area contributed by atoms with Crippen molar-refractivity contribution in [2.45, 2.75) is 46.1 Å². The fourth-order valence-electron chi connectivity index (χ4n) is 1.63. The quantitative estimate of drug-likeness (QED) is 0.699. The highest BCUT2D eigenvalue weighted by Crippen LogP contribution is 2.26. The molecule has 0 aliphatic heterocycles. The molecule has 7 heteroatoms. The molecule has 1 aromatic heterocycles. The Labute approximate surface area is 134 Å². The van der Waals surface area contributed by atoms with Gasteiger partial charge in [-0.3, -0.25) is 4.79 Å². The van der Waals surface area contributed by atoms with Gasteiger partial charge in [0.25, 0.3) is 0 Å². The number of carbonyl (C=O) groups is 1. The predicted octanol–water partition coefficient (Wildman–Crippen LogP) is 2.78. The molecule has 0 fully saturated rings. The zero-order valence-electron chi connectivity index (χ0n) is 13.1. The van der Waals surface area contributed by atoms with E-state index in [4.69, 9.17) is 0 Å². The first-order chi connectivity index (χ1) is 9.83. The first-order valence-electron chi connectivity index (χ1n) is 7.12. The first-order valence-corrected chi connectivity index (χ1v) is 7.92. The van der Waals surface area contributed by atoms with Crippen molar-refractivity contribution in [1.82, 2.24) is 15.3 Å². The highest BCUT2D eigenvalue weighted by molar-refractivity contribution is 9.10. The van der Waals surface area contributed by atoms with Crippen LogP contribution in [0.1, 0.15) is 40.5 Å². The van der Waals surface area contributed by atoms with Gasteiger partial charge in [-0.05, 0) is 43.1 Å². The van der Waals surface area contributed by atoms with Crippen LogP contribution < -0.4 is 16.0 Å². The number of hydrogen-bond acceptors (Lipinski definition) is 5. The van der Waals surface area contributed by atoms with Gasteiger partial charge >= 0.3 is 0 Å². The van der Waals surface area contributed by atoms with Crippen molar-refractivity contribution in [3.05, 3.63) is 10.8 Å². The Bertz CT molecular complexity index is 473. The van der Waals surface area contributed by atoms with E-state index in [9.17, 15) is 4.79 Å². The van der Waals surface area contributed by atoms with Gasteiger partial charge in [-0.2, -0.15) is 0 Å². The molecule has 0 bridgehead atoms. The number of halogens is 1. The number of hydrogen-bond donors (Lipinski definition) is 3. The minimum absolute atomic E-state index is 0.0181. The van der Waals surface area contributed by atoms with E-state index in [0.717, 1.165) is 23.3 Å². The van der Waals surface area contributed by atoms with Crippen LogP contribution in [0.2, 0.25) is 0 Å². The zero-order chi connectivity index (χ0) is 15.9. The summed E-state index contributed by atoms with van der Waals surface area (Å²) in [5, 5.41) is 9.29. The molecule has 1 amide bonds. The normalized spacial score (nSPS) is 11.1. The summed E-state index contributed by atoms with van der Waals surface area (Å²) in [6.07, 6.45) is 2.91. The molecule has 0 spiro atoms. The van der Waals surface area contributed by atoms with Gasteiger partial charge in [0, 0.05) is 25.0 Å². The molecule has 0 aliphatic carbocycles. The third kappa shape index (κ3) is 6.75. The largest absolute Gasteiger partial charge is 0.369 e. The number of carbonyl (C=O) groups excluding carboxylic acids is 1. The second-order valence-corrected chi connectivity index (χ2v) is 6.58. The van der Waals surface area contributed by atoms with Crippen LogP contribution in [0.25, 0.3) is 0 Å². The molecular weight excluding hydrogens is 334 g/mol. The lowest BCUT2D eigenvalue weighted by Gasteiger charge is -2.20.